The van der Waals surface area contributed by atoms with Crippen molar-refractivity contribution in [1.29, 1.82) is 0 Å². The van der Waals surface area contributed by atoms with E-state index in [0.717, 1.165) is 11.2 Å². The average Bonchev–Trinajstić information content (AvgIpc) is 3.66. The Morgan fingerprint density at radius 3 is 1.49 bits per heavy atom. The van der Waals surface area contributed by atoms with Crippen LogP contribution in [0.25, 0.3) is 110 Å². The molecule has 9 aromatic rings. The van der Waals surface area contributed by atoms with Crippen molar-refractivity contribution < 1.29 is 0 Å². The number of fused-ring (bicyclic) bond motifs is 7. The van der Waals surface area contributed by atoms with E-state index in [4.69, 9.17) is 4.98 Å². The molecule has 0 radical (unpaired) electrons. The van der Waals surface area contributed by atoms with Crippen molar-refractivity contribution in [1.82, 2.24) is 4.98 Å². The molecular formula is C48H29N. The number of pyridine rings is 1. The van der Waals surface area contributed by atoms with Crippen molar-refractivity contribution in [2.75, 3.05) is 0 Å². The molecule has 0 atom stereocenters. The Labute approximate surface area is 284 Å². The molecule has 11 rings (SSSR count). The molecular weight excluding hydrogens is 591 g/mol. The molecule has 0 aliphatic heterocycles. The smallest absolute Gasteiger partial charge is 0.0796 e. The molecule has 0 bridgehead atoms. The van der Waals surface area contributed by atoms with Gasteiger partial charge in [0.25, 0.3) is 0 Å². The van der Waals surface area contributed by atoms with Gasteiger partial charge in [-0.2, -0.15) is 0 Å². The Hall–Kier alpha value is -6.31. The third kappa shape index (κ3) is 3.57. The van der Waals surface area contributed by atoms with Crippen LogP contribution in [0.4, 0.5) is 0 Å². The summed E-state index contributed by atoms with van der Waals surface area (Å²) in [4.78, 5) is 5.25. The molecule has 0 amide bonds. The number of hydrogen-bond donors (Lipinski definition) is 0. The minimum absolute atomic E-state index is 1.04. The maximum Gasteiger partial charge on any atom is 0.0796 e. The molecule has 1 heteroatoms. The SMILES string of the molecule is Cc1cc2c3c(ccc(-c4ccc5c6c(cccc46)-c4c-5c(-c5ccccc5)c5ccccc5c4-c4ccccc4)c3n1)-c1ccccc1-2. The molecule has 0 fully saturated rings. The van der Waals surface area contributed by atoms with Gasteiger partial charge in [0.1, 0.15) is 0 Å². The first-order valence-corrected chi connectivity index (χ1v) is 17.1. The summed E-state index contributed by atoms with van der Waals surface area (Å²) in [5.74, 6) is 0. The van der Waals surface area contributed by atoms with Crippen molar-refractivity contribution in [3.8, 4) is 77.9 Å². The first-order valence-electron chi connectivity index (χ1n) is 17.1. The van der Waals surface area contributed by atoms with Crippen LogP contribution in [0.15, 0.2) is 158 Å². The molecule has 0 unspecified atom stereocenters. The Kier molecular flexibility index (Phi) is 5.38. The highest BCUT2D eigenvalue weighted by atomic mass is 14.7. The third-order valence-electron chi connectivity index (χ3n) is 10.8. The topological polar surface area (TPSA) is 12.9 Å². The third-order valence-corrected chi connectivity index (χ3v) is 10.8. The average molecular weight is 620 g/mol. The van der Waals surface area contributed by atoms with Gasteiger partial charge in [0, 0.05) is 16.6 Å². The second-order valence-corrected chi connectivity index (χ2v) is 13.4. The summed E-state index contributed by atoms with van der Waals surface area (Å²) in [7, 11) is 0. The van der Waals surface area contributed by atoms with E-state index in [9.17, 15) is 0 Å². The van der Waals surface area contributed by atoms with Gasteiger partial charge in [-0.1, -0.05) is 152 Å². The fourth-order valence-corrected chi connectivity index (χ4v) is 8.92. The van der Waals surface area contributed by atoms with Crippen LogP contribution in [0.3, 0.4) is 0 Å². The summed E-state index contributed by atoms with van der Waals surface area (Å²) in [5.41, 5.74) is 20.1. The zero-order valence-electron chi connectivity index (χ0n) is 27.0. The standard InChI is InChI=1S/C48H29N/c1-28-27-41-32-18-9-8-17-31(32)37-24-25-38(48(49-28)45(37)41)33-23-26-40-44-34(33)21-12-22-39(44)46-42(29-13-4-2-5-14-29)35-19-10-11-20-36(35)43(47(40)46)30-15-6-3-7-16-30/h2-27H,1H3. The van der Waals surface area contributed by atoms with Crippen LogP contribution in [0.5, 0.6) is 0 Å². The molecule has 1 nitrogen and oxygen atoms in total. The number of rotatable bonds is 3. The lowest BCUT2D eigenvalue weighted by atomic mass is 9.82. The van der Waals surface area contributed by atoms with Gasteiger partial charge in [-0.05, 0) is 107 Å². The van der Waals surface area contributed by atoms with E-state index in [0.29, 0.717) is 0 Å². The van der Waals surface area contributed by atoms with Crippen LogP contribution in [0.1, 0.15) is 5.69 Å². The van der Waals surface area contributed by atoms with E-state index in [1.54, 1.807) is 0 Å². The van der Waals surface area contributed by atoms with Crippen molar-refractivity contribution in [2.45, 2.75) is 6.92 Å². The van der Waals surface area contributed by atoms with Crippen LogP contribution in [0, 0.1) is 6.92 Å². The van der Waals surface area contributed by atoms with Gasteiger partial charge in [0.15, 0.2) is 0 Å². The monoisotopic (exact) mass is 619 g/mol. The molecule has 0 spiro atoms. The largest absolute Gasteiger partial charge is 0.252 e. The highest BCUT2D eigenvalue weighted by Gasteiger charge is 2.32. The van der Waals surface area contributed by atoms with Gasteiger partial charge >= 0.3 is 0 Å². The lowest BCUT2D eigenvalue weighted by Gasteiger charge is -2.20. The van der Waals surface area contributed by atoms with Gasteiger partial charge in [-0.15, -0.1) is 0 Å². The van der Waals surface area contributed by atoms with Crippen molar-refractivity contribution in [3.63, 3.8) is 0 Å². The van der Waals surface area contributed by atoms with Crippen molar-refractivity contribution in [2.24, 2.45) is 0 Å². The normalized spacial score (nSPS) is 12.2. The summed E-state index contributed by atoms with van der Waals surface area (Å²) in [6.45, 7) is 2.12. The van der Waals surface area contributed by atoms with E-state index in [2.05, 4.69) is 165 Å². The summed E-state index contributed by atoms with van der Waals surface area (Å²) < 4.78 is 0. The molecule has 49 heavy (non-hydrogen) atoms. The van der Waals surface area contributed by atoms with E-state index in [1.807, 2.05) is 0 Å². The molecule has 0 saturated carbocycles. The summed E-state index contributed by atoms with van der Waals surface area (Å²) in [5, 5.41) is 6.41. The van der Waals surface area contributed by atoms with Gasteiger partial charge in [0.05, 0.1) is 5.52 Å². The lowest BCUT2D eigenvalue weighted by molar-refractivity contribution is 1.26. The van der Waals surface area contributed by atoms with Crippen LogP contribution >= 0.6 is 0 Å². The molecule has 1 heterocycles. The quantitative estimate of drug-likeness (QED) is 0.192. The summed E-state index contributed by atoms with van der Waals surface area (Å²) in [6, 6.07) is 58.2. The Balaban J connectivity index is 1.26. The summed E-state index contributed by atoms with van der Waals surface area (Å²) in [6.07, 6.45) is 0. The molecule has 0 saturated heterocycles. The fraction of sp³-hybridized carbons (Fsp3) is 0.0208. The Morgan fingerprint density at radius 2 is 0.816 bits per heavy atom. The van der Waals surface area contributed by atoms with Crippen molar-refractivity contribution in [3.05, 3.63) is 163 Å². The number of nitrogens with zero attached hydrogens (tertiary/aromatic N) is 1. The minimum Gasteiger partial charge on any atom is -0.252 e. The highest BCUT2D eigenvalue weighted by molar-refractivity contribution is 6.29. The van der Waals surface area contributed by atoms with Gasteiger partial charge < -0.3 is 0 Å². The maximum absolute atomic E-state index is 5.25. The van der Waals surface area contributed by atoms with Crippen LogP contribution < -0.4 is 0 Å². The number of benzene rings is 8. The predicted octanol–water partition coefficient (Wildman–Crippen LogP) is 13.1. The van der Waals surface area contributed by atoms with Crippen LogP contribution in [-0.4, -0.2) is 4.98 Å². The molecule has 8 aromatic carbocycles. The van der Waals surface area contributed by atoms with Gasteiger partial charge in [0.2, 0.25) is 0 Å². The highest BCUT2D eigenvalue weighted by Crippen LogP contribution is 2.59. The van der Waals surface area contributed by atoms with E-state index in [1.165, 1.54) is 105 Å². The minimum atomic E-state index is 1.04. The summed E-state index contributed by atoms with van der Waals surface area (Å²) >= 11 is 0. The predicted molar refractivity (Wildman–Crippen MR) is 207 cm³/mol. The molecule has 2 aliphatic carbocycles. The number of aryl methyl sites for hydroxylation is 1. The second kappa shape index (κ2) is 9.86. The molecule has 2 aliphatic rings. The first-order chi connectivity index (χ1) is 24.3. The zero-order chi connectivity index (χ0) is 32.2. The Morgan fingerprint density at radius 1 is 0.327 bits per heavy atom. The van der Waals surface area contributed by atoms with E-state index >= 15 is 0 Å². The first kappa shape index (κ1) is 26.7. The van der Waals surface area contributed by atoms with E-state index < -0.39 is 0 Å². The maximum atomic E-state index is 5.25. The molecule has 0 N–H and O–H groups in total. The van der Waals surface area contributed by atoms with E-state index in [-0.39, 0.29) is 0 Å². The molecule has 1 aromatic heterocycles. The lowest BCUT2D eigenvalue weighted by Crippen LogP contribution is -1.93. The molecule has 226 valence electrons. The number of hydrogen-bond acceptors (Lipinski definition) is 1. The number of aromatic nitrogens is 1. The van der Waals surface area contributed by atoms with Crippen LogP contribution in [-0.2, 0) is 0 Å². The van der Waals surface area contributed by atoms with Crippen LogP contribution in [0.2, 0.25) is 0 Å². The van der Waals surface area contributed by atoms with Gasteiger partial charge in [-0.3, -0.25) is 4.98 Å². The fourth-order valence-electron chi connectivity index (χ4n) is 8.92. The zero-order valence-corrected chi connectivity index (χ0v) is 27.0. The van der Waals surface area contributed by atoms with Gasteiger partial charge in [-0.25, -0.2) is 0 Å². The second-order valence-electron chi connectivity index (χ2n) is 13.4. The van der Waals surface area contributed by atoms with Crippen molar-refractivity contribution >= 4 is 32.4 Å². The Bertz CT molecular complexity index is 2770.